The van der Waals surface area contributed by atoms with E-state index in [4.69, 9.17) is 12.2 Å². The van der Waals surface area contributed by atoms with Gasteiger partial charge in [0.25, 0.3) is 5.91 Å². The largest absolute Gasteiger partial charge is 0.507 e. The quantitative estimate of drug-likeness (QED) is 0.464. The lowest BCUT2D eigenvalue weighted by molar-refractivity contribution is -0.121. The van der Waals surface area contributed by atoms with Crippen molar-refractivity contribution in [2.75, 3.05) is 7.05 Å². The summed E-state index contributed by atoms with van der Waals surface area (Å²) in [5.41, 5.74) is 0.630. The van der Waals surface area contributed by atoms with Crippen LogP contribution in [-0.4, -0.2) is 27.3 Å². The molecule has 1 aliphatic heterocycles. The molecule has 0 aromatic heterocycles. The number of rotatable bonds is 1. The summed E-state index contributed by atoms with van der Waals surface area (Å²) in [5, 5.41) is 9.70. The maximum atomic E-state index is 11.8. The number of hydrogen-bond donors (Lipinski definition) is 1. The van der Waals surface area contributed by atoms with E-state index in [-0.39, 0.29) is 11.7 Å². The normalized spacial score (nSPS) is 18.2. The predicted octanol–water partition coefficient (Wildman–Crippen LogP) is 2.83. The van der Waals surface area contributed by atoms with E-state index >= 15 is 0 Å². The fourth-order valence-corrected chi connectivity index (χ4v) is 3.01. The molecular weight excluding hydrogens is 369 g/mol. The number of halogens is 1. The van der Waals surface area contributed by atoms with Gasteiger partial charge in [-0.3, -0.25) is 9.69 Å². The molecule has 1 aliphatic rings. The highest BCUT2D eigenvalue weighted by Gasteiger charge is 2.28. The topological polar surface area (TPSA) is 40.5 Å². The van der Waals surface area contributed by atoms with Crippen molar-refractivity contribution in [2.45, 2.75) is 0 Å². The Hall–Kier alpha value is -0.600. The van der Waals surface area contributed by atoms with Gasteiger partial charge in [-0.15, -0.1) is 0 Å². The maximum absolute atomic E-state index is 11.8. The summed E-state index contributed by atoms with van der Waals surface area (Å²) in [6.07, 6.45) is 1.67. The number of phenols is 1. The van der Waals surface area contributed by atoms with Crippen LogP contribution in [0.15, 0.2) is 23.1 Å². The molecule has 17 heavy (non-hydrogen) atoms. The predicted molar refractivity (Wildman–Crippen MR) is 81.8 cm³/mol. The van der Waals surface area contributed by atoms with Gasteiger partial charge in [-0.05, 0) is 46.9 Å². The first-order chi connectivity index (χ1) is 7.99. The van der Waals surface area contributed by atoms with Crippen molar-refractivity contribution >= 4 is 62.9 Å². The van der Waals surface area contributed by atoms with Crippen LogP contribution in [0.5, 0.6) is 5.75 Å². The molecule has 1 fully saturated rings. The van der Waals surface area contributed by atoms with Gasteiger partial charge in [0, 0.05) is 16.2 Å². The zero-order chi connectivity index (χ0) is 12.6. The molecule has 0 spiro atoms. The molecule has 0 radical (unpaired) electrons. The molecule has 1 amide bonds. The summed E-state index contributed by atoms with van der Waals surface area (Å²) in [7, 11) is 1.65. The Kier molecular flexibility index (Phi) is 3.74. The Morgan fingerprint density at radius 1 is 1.53 bits per heavy atom. The Morgan fingerprint density at radius 3 is 2.82 bits per heavy atom. The third-order valence-electron chi connectivity index (χ3n) is 2.26. The number of benzene rings is 1. The van der Waals surface area contributed by atoms with Gasteiger partial charge < -0.3 is 5.11 Å². The van der Waals surface area contributed by atoms with Crippen molar-refractivity contribution in [2.24, 2.45) is 0 Å². The van der Waals surface area contributed by atoms with Crippen molar-refractivity contribution in [1.82, 2.24) is 4.90 Å². The van der Waals surface area contributed by atoms with E-state index in [1.165, 1.54) is 16.7 Å². The number of thioether (sulfide) groups is 1. The number of carbonyl (C=O) groups excluding carboxylic acids is 1. The van der Waals surface area contributed by atoms with Crippen LogP contribution in [0.4, 0.5) is 0 Å². The summed E-state index contributed by atoms with van der Waals surface area (Å²) in [6, 6.07) is 5.23. The highest BCUT2D eigenvalue weighted by Crippen LogP contribution is 2.33. The monoisotopic (exact) mass is 377 g/mol. The number of amides is 1. The molecule has 1 aromatic rings. The van der Waals surface area contributed by atoms with Gasteiger partial charge in [-0.25, -0.2) is 0 Å². The van der Waals surface area contributed by atoms with Gasteiger partial charge in [-0.1, -0.05) is 24.0 Å². The van der Waals surface area contributed by atoms with Gasteiger partial charge in [0.1, 0.15) is 10.1 Å². The standard InChI is InChI=1S/C11H8INO2S2/c1-13-10(15)9(17-11(13)16)5-6-4-7(12)2-3-8(6)14/h2-5,14H,1H3. The van der Waals surface area contributed by atoms with Crippen molar-refractivity contribution in [3.8, 4) is 5.75 Å². The first kappa shape index (κ1) is 12.8. The van der Waals surface area contributed by atoms with E-state index < -0.39 is 0 Å². The van der Waals surface area contributed by atoms with E-state index in [2.05, 4.69) is 22.6 Å². The fraction of sp³-hybridized carbons (Fsp3) is 0.0909. The molecule has 0 atom stereocenters. The highest BCUT2D eigenvalue weighted by atomic mass is 127. The molecule has 1 aromatic carbocycles. The minimum atomic E-state index is -0.127. The second-order valence-corrected chi connectivity index (χ2v) is 6.37. The Morgan fingerprint density at radius 2 is 2.24 bits per heavy atom. The summed E-state index contributed by atoms with van der Waals surface area (Å²) in [5.74, 6) is 0.0325. The third kappa shape index (κ3) is 2.63. The van der Waals surface area contributed by atoms with Gasteiger partial charge >= 0.3 is 0 Å². The molecule has 0 saturated carbocycles. The SMILES string of the molecule is CN1C(=O)C(=Cc2cc(I)ccc2O)SC1=S. The van der Waals surface area contributed by atoms with Crippen molar-refractivity contribution in [3.63, 3.8) is 0 Å². The summed E-state index contributed by atoms with van der Waals surface area (Å²) in [6.45, 7) is 0. The molecule has 1 N–H and O–H groups in total. The van der Waals surface area contributed by atoms with Crippen LogP contribution >= 0.6 is 46.6 Å². The second kappa shape index (κ2) is 4.95. The van der Waals surface area contributed by atoms with E-state index in [1.54, 1.807) is 25.3 Å². The first-order valence-electron chi connectivity index (χ1n) is 4.69. The zero-order valence-corrected chi connectivity index (χ0v) is 12.6. The molecule has 3 nitrogen and oxygen atoms in total. The lowest BCUT2D eigenvalue weighted by Crippen LogP contribution is -2.22. The molecule has 2 rings (SSSR count). The third-order valence-corrected chi connectivity index (χ3v) is 4.42. The van der Waals surface area contributed by atoms with Crippen LogP contribution in [0.2, 0.25) is 0 Å². The number of phenolic OH excluding ortho intramolecular Hbond substituents is 1. The Bertz CT molecular complexity index is 542. The van der Waals surface area contributed by atoms with Gasteiger partial charge in [-0.2, -0.15) is 0 Å². The van der Waals surface area contributed by atoms with Crippen LogP contribution in [0.3, 0.4) is 0 Å². The summed E-state index contributed by atoms with van der Waals surface area (Å²) < 4.78 is 1.53. The number of likely N-dealkylation sites (N-methyl/N-ethyl adjacent to an activating group) is 1. The lowest BCUT2D eigenvalue weighted by atomic mass is 10.2. The van der Waals surface area contributed by atoms with Gasteiger partial charge in [0.05, 0.1) is 4.91 Å². The van der Waals surface area contributed by atoms with Gasteiger partial charge in [0.2, 0.25) is 0 Å². The number of carbonyl (C=O) groups is 1. The van der Waals surface area contributed by atoms with E-state index in [1.807, 2.05) is 6.07 Å². The molecule has 1 saturated heterocycles. The van der Waals surface area contributed by atoms with Gasteiger partial charge in [0.15, 0.2) is 0 Å². The van der Waals surface area contributed by atoms with Crippen LogP contribution in [0.1, 0.15) is 5.56 Å². The van der Waals surface area contributed by atoms with Crippen molar-refractivity contribution < 1.29 is 9.90 Å². The molecule has 0 aliphatic carbocycles. The molecule has 0 unspecified atom stereocenters. The molecule has 6 heteroatoms. The average Bonchev–Trinajstić information content (AvgIpc) is 2.52. The Labute approximate surface area is 122 Å². The number of nitrogens with zero attached hydrogens (tertiary/aromatic N) is 1. The van der Waals surface area contributed by atoms with Crippen molar-refractivity contribution in [3.05, 3.63) is 32.2 Å². The van der Waals surface area contributed by atoms with Crippen molar-refractivity contribution in [1.29, 1.82) is 0 Å². The molecule has 88 valence electrons. The minimum Gasteiger partial charge on any atom is -0.507 e. The first-order valence-corrected chi connectivity index (χ1v) is 6.99. The van der Waals surface area contributed by atoms with E-state index in [9.17, 15) is 9.90 Å². The Balaban J connectivity index is 2.40. The number of hydrogen-bond acceptors (Lipinski definition) is 4. The van der Waals surface area contributed by atoms with Crippen LogP contribution in [0.25, 0.3) is 6.08 Å². The summed E-state index contributed by atoms with van der Waals surface area (Å²) in [4.78, 5) is 13.7. The van der Waals surface area contributed by atoms with Crippen LogP contribution in [-0.2, 0) is 4.79 Å². The van der Waals surface area contributed by atoms with Crippen LogP contribution < -0.4 is 0 Å². The number of thiocarbonyl (C=S) groups is 1. The lowest BCUT2D eigenvalue weighted by Gasteiger charge is -2.04. The molecule has 1 heterocycles. The van der Waals surface area contributed by atoms with E-state index in [0.29, 0.717) is 14.8 Å². The second-order valence-electron chi connectivity index (χ2n) is 3.44. The fourth-order valence-electron chi connectivity index (χ4n) is 1.33. The zero-order valence-electron chi connectivity index (χ0n) is 8.81. The highest BCUT2D eigenvalue weighted by molar-refractivity contribution is 14.1. The summed E-state index contributed by atoms with van der Waals surface area (Å²) >= 11 is 8.43. The van der Waals surface area contributed by atoms with Crippen LogP contribution in [0, 0.1) is 3.57 Å². The molecular formula is C11H8INO2S2. The molecule has 0 bridgehead atoms. The smallest absolute Gasteiger partial charge is 0.265 e. The number of aromatic hydroxyl groups is 1. The minimum absolute atomic E-state index is 0.127. The maximum Gasteiger partial charge on any atom is 0.265 e. The average molecular weight is 377 g/mol. The van der Waals surface area contributed by atoms with E-state index in [0.717, 1.165) is 3.57 Å².